The molecule has 0 aromatic heterocycles. The number of hydrogen-bond acceptors (Lipinski definition) is 2. The molecular weight excluding hydrogens is 268 g/mol. The fraction of sp³-hybridized carbons (Fsp3) is 0.333. The average molecular weight is 285 g/mol. The Morgan fingerprint density at radius 2 is 1.82 bits per heavy atom. The maximum absolute atomic E-state index is 6.61. The minimum absolute atomic E-state index is 0.163. The van der Waals surface area contributed by atoms with Crippen LogP contribution >= 0.6 is 11.1 Å². The molecule has 1 aromatic rings. The van der Waals surface area contributed by atoms with Gasteiger partial charge in [-0.25, -0.2) is 0 Å². The summed E-state index contributed by atoms with van der Waals surface area (Å²) in [6.45, 7) is 2.11. The van der Waals surface area contributed by atoms with Crippen LogP contribution in [0.4, 0.5) is 0 Å². The molecule has 0 aliphatic heterocycles. The minimum atomic E-state index is -1.98. The molecule has 0 amide bonds. The Kier molecular flexibility index (Phi) is 6.15. The lowest BCUT2D eigenvalue weighted by Crippen LogP contribution is -2.37. The molecule has 0 N–H and O–H groups in total. The SMILES string of the molecule is COC(OC)[Si]C=C[Si](C)(Cl)c1ccccc1. The maximum Gasteiger partial charge on any atom is 0.206 e. The van der Waals surface area contributed by atoms with Crippen LogP contribution < -0.4 is 5.19 Å². The Hall–Kier alpha value is -0.396. The van der Waals surface area contributed by atoms with E-state index in [0.29, 0.717) is 9.52 Å². The van der Waals surface area contributed by atoms with Crippen molar-refractivity contribution in [3.05, 3.63) is 41.7 Å². The lowest BCUT2D eigenvalue weighted by molar-refractivity contribution is -0.0430. The first-order chi connectivity index (χ1) is 8.10. The van der Waals surface area contributed by atoms with Crippen LogP contribution in [0, 0.1) is 0 Å². The van der Waals surface area contributed by atoms with E-state index in [-0.39, 0.29) is 5.91 Å². The minimum Gasteiger partial charge on any atom is -0.360 e. The monoisotopic (exact) mass is 284 g/mol. The molecule has 0 saturated heterocycles. The van der Waals surface area contributed by atoms with Gasteiger partial charge in [-0.3, -0.25) is 0 Å². The molecule has 0 saturated carbocycles. The van der Waals surface area contributed by atoms with Crippen molar-refractivity contribution < 1.29 is 9.47 Å². The smallest absolute Gasteiger partial charge is 0.206 e. The second-order valence-electron chi connectivity index (χ2n) is 3.74. The highest BCUT2D eigenvalue weighted by molar-refractivity contribution is 7.29. The maximum atomic E-state index is 6.61. The zero-order valence-corrected chi connectivity index (χ0v) is 13.1. The van der Waals surface area contributed by atoms with Crippen molar-refractivity contribution >= 4 is 33.2 Å². The molecule has 0 fully saturated rings. The third-order valence-electron chi connectivity index (χ3n) is 2.40. The molecule has 0 aliphatic rings. The van der Waals surface area contributed by atoms with Crippen molar-refractivity contribution in [2.45, 2.75) is 12.5 Å². The predicted octanol–water partition coefficient (Wildman–Crippen LogP) is 2.04. The Morgan fingerprint density at radius 1 is 1.24 bits per heavy atom. The Morgan fingerprint density at radius 3 is 2.35 bits per heavy atom. The van der Waals surface area contributed by atoms with Crippen molar-refractivity contribution in [3.8, 4) is 0 Å². The van der Waals surface area contributed by atoms with Gasteiger partial charge in [0.05, 0.1) is 0 Å². The van der Waals surface area contributed by atoms with Gasteiger partial charge in [-0.05, 0) is 11.7 Å². The highest BCUT2D eigenvalue weighted by Crippen LogP contribution is 2.10. The lowest BCUT2D eigenvalue weighted by atomic mass is 10.4. The van der Waals surface area contributed by atoms with Gasteiger partial charge in [-0.15, -0.1) is 0 Å². The summed E-state index contributed by atoms with van der Waals surface area (Å²) in [7, 11) is 1.77. The van der Waals surface area contributed by atoms with Gasteiger partial charge in [0, 0.05) is 14.2 Å². The van der Waals surface area contributed by atoms with E-state index >= 15 is 0 Å². The van der Waals surface area contributed by atoms with Gasteiger partial charge >= 0.3 is 0 Å². The van der Waals surface area contributed by atoms with E-state index < -0.39 is 7.38 Å². The third kappa shape index (κ3) is 4.77. The van der Waals surface area contributed by atoms with E-state index in [1.807, 2.05) is 18.2 Å². The van der Waals surface area contributed by atoms with Crippen LogP contribution in [-0.2, 0) is 9.47 Å². The second-order valence-corrected chi connectivity index (χ2v) is 10.3. The topological polar surface area (TPSA) is 18.5 Å². The average Bonchev–Trinajstić information content (AvgIpc) is 2.36. The van der Waals surface area contributed by atoms with E-state index in [1.165, 1.54) is 5.19 Å². The molecule has 0 aliphatic carbocycles. The van der Waals surface area contributed by atoms with Gasteiger partial charge in [-0.1, -0.05) is 41.7 Å². The Balaban J connectivity index is 2.63. The summed E-state index contributed by atoms with van der Waals surface area (Å²) in [5.41, 5.74) is 4.19. The Labute approximate surface area is 111 Å². The molecule has 1 atom stereocenters. The van der Waals surface area contributed by atoms with E-state index in [0.717, 1.165) is 0 Å². The standard InChI is InChI=1S/C12H17ClO2Si2/c1-14-12(15-2)16-9-10-17(3,13)11-7-5-4-6-8-11/h4-10,12H,1-3H3. The number of methoxy groups -OCH3 is 2. The second kappa shape index (κ2) is 7.13. The summed E-state index contributed by atoms with van der Waals surface area (Å²) in [4.78, 5) is 0. The number of rotatable bonds is 6. The van der Waals surface area contributed by atoms with E-state index in [4.69, 9.17) is 20.6 Å². The molecule has 2 radical (unpaired) electrons. The van der Waals surface area contributed by atoms with Crippen LogP contribution in [0.2, 0.25) is 6.55 Å². The van der Waals surface area contributed by atoms with Crippen LogP contribution in [0.1, 0.15) is 0 Å². The van der Waals surface area contributed by atoms with Crippen LogP contribution in [0.25, 0.3) is 0 Å². The molecule has 17 heavy (non-hydrogen) atoms. The number of hydrogen-bond donors (Lipinski definition) is 0. The lowest BCUT2D eigenvalue weighted by Gasteiger charge is -2.15. The summed E-state index contributed by atoms with van der Waals surface area (Å²) in [5.74, 6) is -0.163. The van der Waals surface area contributed by atoms with Gasteiger partial charge in [0.15, 0.2) is 0 Å². The third-order valence-corrected chi connectivity index (χ3v) is 7.12. The van der Waals surface area contributed by atoms with E-state index in [9.17, 15) is 0 Å². The van der Waals surface area contributed by atoms with Gasteiger partial charge in [0.25, 0.3) is 0 Å². The highest BCUT2D eigenvalue weighted by atomic mass is 35.6. The van der Waals surface area contributed by atoms with E-state index in [1.54, 1.807) is 14.2 Å². The molecule has 1 aromatic carbocycles. The zero-order chi connectivity index (χ0) is 12.7. The molecule has 92 valence electrons. The first kappa shape index (κ1) is 14.7. The molecule has 2 nitrogen and oxygen atoms in total. The van der Waals surface area contributed by atoms with Crippen LogP contribution in [0.3, 0.4) is 0 Å². The van der Waals surface area contributed by atoms with Crippen molar-refractivity contribution in [2.24, 2.45) is 0 Å². The predicted molar refractivity (Wildman–Crippen MR) is 76.2 cm³/mol. The van der Waals surface area contributed by atoms with Crippen molar-refractivity contribution in [1.82, 2.24) is 0 Å². The number of benzene rings is 1. The number of halogens is 1. The molecule has 1 unspecified atom stereocenters. The largest absolute Gasteiger partial charge is 0.360 e. The van der Waals surface area contributed by atoms with Crippen LogP contribution in [0.5, 0.6) is 0 Å². The zero-order valence-electron chi connectivity index (χ0n) is 10.3. The molecule has 0 bridgehead atoms. The Bertz CT molecular complexity index is 351. The summed E-state index contributed by atoms with van der Waals surface area (Å²) in [6, 6.07) is 10.2. The van der Waals surface area contributed by atoms with Crippen LogP contribution in [-0.4, -0.2) is 37.0 Å². The summed E-state index contributed by atoms with van der Waals surface area (Å²) < 4.78 is 10.3. The summed E-state index contributed by atoms with van der Waals surface area (Å²) in [6.07, 6.45) is 0. The van der Waals surface area contributed by atoms with Crippen molar-refractivity contribution in [1.29, 1.82) is 0 Å². The quantitative estimate of drug-likeness (QED) is 0.452. The van der Waals surface area contributed by atoms with Crippen molar-refractivity contribution in [2.75, 3.05) is 14.2 Å². The van der Waals surface area contributed by atoms with E-state index in [2.05, 4.69) is 30.1 Å². The van der Waals surface area contributed by atoms with Gasteiger partial charge in [0.1, 0.15) is 15.4 Å². The fourth-order valence-electron chi connectivity index (χ4n) is 1.38. The molecule has 1 rings (SSSR count). The molecule has 0 spiro atoms. The molecular formula is C12H17ClO2Si2. The summed E-state index contributed by atoms with van der Waals surface area (Å²) >= 11 is 6.61. The summed E-state index contributed by atoms with van der Waals surface area (Å²) in [5, 5.41) is 1.22. The van der Waals surface area contributed by atoms with Crippen LogP contribution in [0.15, 0.2) is 41.7 Å². The highest BCUT2D eigenvalue weighted by Gasteiger charge is 2.23. The molecule has 5 heteroatoms. The van der Waals surface area contributed by atoms with Gasteiger partial charge in [0.2, 0.25) is 7.38 Å². The molecule has 0 heterocycles. The van der Waals surface area contributed by atoms with Gasteiger partial charge < -0.3 is 9.47 Å². The normalized spacial score (nSPS) is 15.4. The fourth-order valence-corrected chi connectivity index (χ4v) is 5.42. The van der Waals surface area contributed by atoms with Gasteiger partial charge in [-0.2, -0.15) is 11.1 Å². The number of ether oxygens (including phenoxy) is 2. The van der Waals surface area contributed by atoms with Crippen molar-refractivity contribution in [3.63, 3.8) is 0 Å². The first-order valence-corrected chi connectivity index (χ1v) is 10.1. The first-order valence-electron chi connectivity index (χ1n) is 5.34.